The number of carbonyl (C=O) groups excluding carboxylic acids is 1. The van der Waals surface area contributed by atoms with Crippen LogP contribution in [-0.4, -0.2) is 21.0 Å². The minimum Gasteiger partial charge on any atom is -0.456 e. The van der Waals surface area contributed by atoms with Crippen LogP contribution in [0, 0.1) is 0 Å². The second-order valence-corrected chi connectivity index (χ2v) is 5.65. The highest BCUT2D eigenvalue weighted by Gasteiger charge is 2.19. The minimum atomic E-state index is -0.703. The quantitative estimate of drug-likeness (QED) is 0.718. The number of anilines is 1. The van der Waals surface area contributed by atoms with Crippen LogP contribution in [0.3, 0.4) is 0 Å². The predicted molar refractivity (Wildman–Crippen MR) is 91.4 cm³/mol. The molecule has 0 saturated carbocycles. The number of nitrogen functional groups attached to an aromatic ring is 1. The van der Waals surface area contributed by atoms with E-state index in [1.807, 2.05) is 18.2 Å². The molecule has 0 amide bonds. The maximum absolute atomic E-state index is 12.2. The molecule has 0 aliphatic rings. The molecule has 6 nitrogen and oxygen atoms in total. The van der Waals surface area contributed by atoms with E-state index in [1.54, 1.807) is 30.3 Å². The van der Waals surface area contributed by atoms with E-state index in [-0.39, 0.29) is 18.1 Å². The van der Waals surface area contributed by atoms with Gasteiger partial charge in [-0.3, -0.25) is 0 Å². The molecule has 0 saturated heterocycles. The zero-order chi connectivity index (χ0) is 17.1. The number of nitrogens with zero attached hydrogens (tertiary/aromatic N) is 3. The Morgan fingerprint density at radius 2 is 1.71 bits per heavy atom. The van der Waals surface area contributed by atoms with Crippen molar-refractivity contribution in [2.75, 3.05) is 5.73 Å². The Bertz CT molecular complexity index is 861. The van der Waals surface area contributed by atoms with Gasteiger partial charge in [-0.1, -0.05) is 47.5 Å². The van der Waals surface area contributed by atoms with Gasteiger partial charge in [0.05, 0.1) is 5.69 Å². The van der Waals surface area contributed by atoms with Crippen molar-refractivity contribution in [3.63, 3.8) is 0 Å². The molecule has 1 aromatic heterocycles. The van der Waals surface area contributed by atoms with Gasteiger partial charge in [0.15, 0.2) is 5.82 Å². The highest BCUT2D eigenvalue weighted by Crippen LogP contribution is 2.25. The van der Waals surface area contributed by atoms with Crippen LogP contribution in [-0.2, 0) is 11.3 Å². The number of ether oxygens (including phenoxy) is 1. The summed E-state index contributed by atoms with van der Waals surface area (Å²) < 4.78 is 5.20. The molecular weight excluding hydrogens is 351 g/mol. The Balaban J connectivity index is 1.77. The van der Waals surface area contributed by atoms with Crippen LogP contribution in [0.1, 0.15) is 16.1 Å². The number of nitrogens with two attached hydrogens (primary N) is 1. The van der Waals surface area contributed by atoms with Crippen molar-refractivity contribution in [3.8, 4) is 5.69 Å². The number of benzene rings is 2. The van der Waals surface area contributed by atoms with E-state index in [0.717, 1.165) is 0 Å². The number of halogens is 2. The third kappa shape index (κ3) is 3.34. The predicted octanol–water partition coefficient (Wildman–Crippen LogP) is 3.51. The summed E-state index contributed by atoms with van der Waals surface area (Å²) in [5.74, 6) is -0.722. The summed E-state index contributed by atoms with van der Waals surface area (Å²) in [6, 6.07) is 14.1. The summed E-state index contributed by atoms with van der Waals surface area (Å²) >= 11 is 12.1. The van der Waals surface area contributed by atoms with Gasteiger partial charge in [0, 0.05) is 15.6 Å². The van der Waals surface area contributed by atoms with Crippen molar-refractivity contribution in [2.45, 2.75) is 6.61 Å². The SMILES string of the molecule is Nc1nn(-c2ccccc2)nc1C(=O)OCc1c(Cl)cccc1Cl. The van der Waals surface area contributed by atoms with E-state index in [9.17, 15) is 4.79 Å². The van der Waals surface area contributed by atoms with Gasteiger partial charge in [0.25, 0.3) is 0 Å². The molecule has 0 bridgehead atoms. The largest absolute Gasteiger partial charge is 0.456 e. The molecule has 8 heteroatoms. The fourth-order valence-electron chi connectivity index (χ4n) is 2.02. The molecule has 1 heterocycles. The first-order valence-corrected chi connectivity index (χ1v) is 7.70. The Kier molecular flexibility index (Phi) is 4.69. The lowest BCUT2D eigenvalue weighted by molar-refractivity contribution is 0.0467. The molecule has 0 aliphatic carbocycles. The van der Waals surface area contributed by atoms with Gasteiger partial charge in [-0.2, -0.15) is 0 Å². The van der Waals surface area contributed by atoms with Gasteiger partial charge in [-0.05, 0) is 24.3 Å². The van der Waals surface area contributed by atoms with E-state index >= 15 is 0 Å². The van der Waals surface area contributed by atoms with Crippen LogP contribution < -0.4 is 5.73 Å². The second kappa shape index (κ2) is 6.90. The summed E-state index contributed by atoms with van der Waals surface area (Å²) in [7, 11) is 0. The molecule has 24 heavy (non-hydrogen) atoms. The number of aromatic nitrogens is 3. The number of hydrogen-bond acceptors (Lipinski definition) is 5. The van der Waals surface area contributed by atoms with Crippen molar-refractivity contribution in [1.82, 2.24) is 15.0 Å². The van der Waals surface area contributed by atoms with Crippen molar-refractivity contribution >= 4 is 35.0 Å². The number of esters is 1. The van der Waals surface area contributed by atoms with Crippen LogP contribution in [0.2, 0.25) is 10.0 Å². The van der Waals surface area contributed by atoms with Gasteiger partial charge in [0.2, 0.25) is 5.69 Å². The van der Waals surface area contributed by atoms with E-state index < -0.39 is 5.97 Å². The standard InChI is InChI=1S/C16H12Cl2N4O2/c17-12-7-4-8-13(18)11(12)9-24-16(23)14-15(19)21-22(20-14)10-5-2-1-3-6-10/h1-8H,9H2,(H2,19,21). The van der Waals surface area contributed by atoms with Gasteiger partial charge < -0.3 is 10.5 Å². The van der Waals surface area contributed by atoms with Crippen molar-refractivity contribution in [3.05, 3.63) is 69.8 Å². The van der Waals surface area contributed by atoms with Crippen LogP contribution in [0.5, 0.6) is 0 Å². The normalized spacial score (nSPS) is 10.6. The molecule has 0 fully saturated rings. The maximum Gasteiger partial charge on any atom is 0.363 e. The molecule has 0 spiro atoms. The van der Waals surface area contributed by atoms with Crippen molar-refractivity contribution in [1.29, 1.82) is 0 Å². The Morgan fingerprint density at radius 3 is 2.38 bits per heavy atom. The molecule has 122 valence electrons. The van der Waals surface area contributed by atoms with Crippen molar-refractivity contribution in [2.24, 2.45) is 0 Å². The maximum atomic E-state index is 12.2. The smallest absolute Gasteiger partial charge is 0.363 e. The number of para-hydroxylation sites is 1. The third-order valence-corrected chi connectivity index (χ3v) is 3.94. The lowest BCUT2D eigenvalue weighted by Crippen LogP contribution is -2.09. The average molecular weight is 363 g/mol. The molecule has 3 rings (SSSR count). The zero-order valence-electron chi connectivity index (χ0n) is 12.3. The summed E-state index contributed by atoms with van der Waals surface area (Å²) in [5, 5.41) is 8.93. The average Bonchev–Trinajstić information content (AvgIpc) is 2.97. The lowest BCUT2D eigenvalue weighted by atomic mass is 10.2. The highest BCUT2D eigenvalue weighted by molar-refractivity contribution is 6.35. The summed E-state index contributed by atoms with van der Waals surface area (Å²) in [4.78, 5) is 13.5. The topological polar surface area (TPSA) is 83.0 Å². The fraction of sp³-hybridized carbons (Fsp3) is 0.0625. The van der Waals surface area contributed by atoms with Crippen molar-refractivity contribution < 1.29 is 9.53 Å². The summed E-state index contributed by atoms with van der Waals surface area (Å²) in [6.45, 7) is -0.0883. The van der Waals surface area contributed by atoms with Crippen LogP contribution >= 0.6 is 23.2 Å². The molecule has 3 aromatic rings. The molecule has 0 atom stereocenters. The molecular formula is C16H12Cl2N4O2. The third-order valence-electron chi connectivity index (χ3n) is 3.23. The van der Waals surface area contributed by atoms with E-state index in [4.69, 9.17) is 33.7 Å². The number of rotatable bonds is 4. The molecule has 0 radical (unpaired) electrons. The van der Waals surface area contributed by atoms with Crippen LogP contribution in [0.4, 0.5) is 5.82 Å². The molecule has 2 aromatic carbocycles. The highest BCUT2D eigenvalue weighted by atomic mass is 35.5. The first-order chi connectivity index (χ1) is 11.6. The Labute approximate surface area is 147 Å². The van der Waals surface area contributed by atoms with Crippen LogP contribution in [0.25, 0.3) is 5.69 Å². The van der Waals surface area contributed by atoms with Gasteiger partial charge >= 0.3 is 5.97 Å². The van der Waals surface area contributed by atoms with Gasteiger partial charge in [0.1, 0.15) is 6.61 Å². The first kappa shape index (κ1) is 16.3. The lowest BCUT2D eigenvalue weighted by Gasteiger charge is -2.07. The van der Waals surface area contributed by atoms with E-state index in [0.29, 0.717) is 21.3 Å². The monoisotopic (exact) mass is 362 g/mol. The van der Waals surface area contributed by atoms with Gasteiger partial charge in [-0.25, -0.2) is 4.79 Å². The van der Waals surface area contributed by atoms with Crippen LogP contribution in [0.15, 0.2) is 48.5 Å². The Morgan fingerprint density at radius 1 is 1.04 bits per heavy atom. The van der Waals surface area contributed by atoms with E-state index in [2.05, 4.69) is 10.2 Å². The molecule has 0 aliphatic heterocycles. The molecule has 0 unspecified atom stereocenters. The summed E-state index contributed by atoms with van der Waals surface area (Å²) in [6.07, 6.45) is 0. The summed E-state index contributed by atoms with van der Waals surface area (Å²) in [5.41, 5.74) is 6.89. The number of carbonyl (C=O) groups is 1. The zero-order valence-corrected chi connectivity index (χ0v) is 13.8. The van der Waals surface area contributed by atoms with E-state index in [1.165, 1.54) is 4.80 Å². The second-order valence-electron chi connectivity index (χ2n) is 4.84. The Hall–Kier alpha value is -2.57. The minimum absolute atomic E-state index is 0.0193. The number of hydrogen-bond donors (Lipinski definition) is 1. The van der Waals surface area contributed by atoms with Gasteiger partial charge in [-0.15, -0.1) is 15.0 Å². The molecule has 2 N–H and O–H groups in total. The fourth-order valence-corrected chi connectivity index (χ4v) is 2.52. The first-order valence-electron chi connectivity index (χ1n) is 6.94.